The van der Waals surface area contributed by atoms with Crippen LogP contribution < -0.4 is 5.73 Å². The van der Waals surface area contributed by atoms with Crippen molar-refractivity contribution >= 4 is 17.4 Å². The van der Waals surface area contributed by atoms with Crippen molar-refractivity contribution in [3.63, 3.8) is 0 Å². The van der Waals surface area contributed by atoms with Crippen molar-refractivity contribution in [2.24, 2.45) is 15.8 Å². The van der Waals surface area contributed by atoms with Crippen molar-refractivity contribution in [3.8, 4) is 0 Å². The standard InChI is InChI=1S/C15H17F2N5.C2H6/c1-2-3-6-20-14-8-13(15(18)19)21-22(14)9-10-4-5-11(16)7-12(10)17;1-2/h3-7H,2,8-9H2,1H3,(H3,18,19);1-2H3/b6-3-,20-14?;. The fourth-order valence-corrected chi connectivity index (χ4v) is 1.92. The van der Waals surface area contributed by atoms with Crippen molar-refractivity contribution in [1.82, 2.24) is 5.01 Å². The molecule has 0 aliphatic carbocycles. The van der Waals surface area contributed by atoms with Crippen LogP contribution >= 0.6 is 0 Å². The Morgan fingerprint density at radius 3 is 2.71 bits per heavy atom. The minimum atomic E-state index is -0.644. The molecule has 0 spiro atoms. The molecule has 0 amide bonds. The van der Waals surface area contributed by atoms with Gasteiger partial charge in [0.25, 0.3) is 0 Å². The minimum absolute atomic E-state index is 0.0989. The van der Waals surface area contributed by atoms with Crippen LogP contribution in [0.15, 0.2) is 40.6 Å². The normalized spacial score (nSPS) is 15.5. The number of hydrogen-bond donors (Lipinski definition) is 2. The van der Waals surface area contributed by atoms with Gasteiger partial charge in [0.15, 0.2) is 0 Å². The summed E-state index contributed by atoms with van der Waals surface area (Å²) in [7, 11) is 0. The van der Waals surface area contributed by atoms with Gasteiger partial charge in [-0.3, -0.25) is 5.41 Å². The predicted molar refractivity (Wildman–Crippen MR) is 94.1 cm³/mol. The van der Waals surface area contributed by atoms with E-state index in [0.29, 0.717) is 23.5 Å². The maximum atomic E-state index is 13.8. The molecule has 0 bridgehead atoms. The van der Waals surface area contributed by atoms with Crippen molar-refractivity contribution in [3.05, 3.63) is 47.7 Å². The number of allylic oxidation sites excluding steroid dienone is 1. The van der Waals surface area contributed by atoms with E-state index < -0.39 is 11.6 Å². The zero-order chi connectivity index (χ0) is 18.1. The molecule has 2 rings (SSSR count). The number of nitrogens with one attached hydrogen (secondary N) is 1. The summed E-state index contributed by atoms with van der Waals surface area (Å²) in [5.74, 6) is -0.849. The molecular weight excluding hydrogens is 312 g/mol. The second kappa shape index (κ2) is 9.54. The largest absolute Gasteiger partial charge is 0.383 e. The highest BCUT2D eigenvalue weighted by molar-refractivity contribution is 6.44. The van der Waals surface area contributed by atoms with Crippen LogP contribution in [0.4, 0.5) is 8.78 Å². The number of benzene rings is 1. The van der Waals surface area contributed by atoms with Gasteiger partial charge >= 0.3 is 0 Å². The van der Waals surface area contributed by atoms with Gasteiger partial charge in [0.05, 0.1) is 13.0 Å². The first-order chi connectivity index (χ1) is 11.5. The molecule has 0 aromatic heterocycles. The van der Waals surface area contributed by atoms with Gasteiger partial charge in [-0.25, -0.2) is 18.8 Å². The lowest BCUT2D eigenvalue weighted by Crippen LogP contribution is -2.22. The molecule has 1 heterocycles. The van der Waals surface area contributed by atoms with Gasteiger partial charge in [-0.1, -0.05) is 32.9 Å². The average molecular weight is 335 g/mol. The maximum Gasteiger partial charge on any atom is 0.139 e. The zero-order valence-electron chi connectivity index (χ0n) is 14.2. The van der Waals surface area contributed by atoms with E-state index in [-0.39, 0.29) is 12.4 Å². The Labute approximate surface area is 141 Å². The molecule has 0 saturated carbocycles. The number of aliphatic imine (C=N–C) groups is 1. The Bertz CT molecular complexity index is 665. The van der Waals surface area contributed by atoms with Crippen molar-refractivity contribution < 1.29 is 8.78 Å². The number of hydrazone groups is 1. The van der Waals surface area contributed by atoms with Gasteiger partial charge in [0.2, 0.25) is 0 Å². The number of amidine groups is 2. The Hall–Kier alpha value is -2.57. The lowest BCUT2D eigenvalue weighted by molar-refractivity contribution is 0.433. The first-order valence-electron chi connectivity index (χ1n) is 7.86. The number of hydrogen-bond acceptors (Lipinski definition) is 3. The van der Waals surface area contributed by atoms with Gasteiger partial charge in [0.1, 0.15) is 29.0 Å². The number of rotatable bonds is 5. The smallest absolute Gasteiger partial charge is 0.139 e. The molecule has 0 fully saturated rings. The SMILES string of the molecule is CC.CC/C=C\N=C1CC(C(=N)N)=NN1Cc1ccc(F)cc1F. The van der Waals surface area contributed by atoms with Gasteiger partial charge < -0.3 is 5.73 Å². The van der Waals surface area contributed by atoms with Crippen LogP contribution in [-0.2, 0) is 6.54 Å². The molecule has 1 aromatic rings. The molecule has 24 heavy (non-hydrogen) atoms. The number of halogens is 2. The van der Waals surface area contributed by atoms with Crippen LogP contribution in [0.1, 0.15) is 39.2 Å². The molecule has 0 atom stereocenters. The van der Waals surface area contributed by atoms with Crippen molar-refractivity contribution in [2.45, 2.75) is 40.2 Å². The number of nitrogens with zero attached hydrogens (tertiary/aromatic N) is 3. The molecule has 130 valence electrons. The van der Waals surface area contributed by atoms with E-state index in [9.17, 15) is 8.78 Å². The quantitative estimate of drug-likeness (QED) is 0.634. The Kier molecular flexibility index (Phi) is 7.74. The van der Waals surface area contributed by atoms with E-state index in [0.717, 1.165) is 12.5 Å². The van der Waals surface area contributed by atoms with E-state index in [2.05, 4.69) is 10.1 Å². The van der Waals surface area contributed by atoms with Crippen LogP contribution in [0, 0.1) is 17.0 Å². The zero-order valence-corrected chi connectivity index (χ0v) is 14.2. The first kappa shape index (κ1) is 19.5. The lowest BCUT2D eigenvalue weighted by Gasteiger charge is -2.15. The maximum absolute atomic E-state index is 13.8. The highest BCUT2D eigenvalue weighted by atomic mass is 19.1. The van der Waals surface area contributed by atoms with Crippen LogP contribution in [0.5, 0.6) is 0 Å². The predicted octanol–water partition coefficient (Wildman–Crippen LogP) is 3.81. The Morgan fingerprint density at radius 1 is 1.42 bits per heavy atom. The summed E-state index contributed by atoms with van der Waals surface area (Å²) in [6.07, 6.45) is 4.66. The molecule has 0 radical (unpaired) electrons. The Balaban J connectivity index is 0.00000139. The fraction of sp³-hybridized carbons (Fsp3) is 0.353. The minimum Gasteiger partial charge on any atom is -0.383 e. The topological polar surface area (TPSA) is 77.8 Å². The van der Waals surface area contributed by atoms with Crippen molar-refractivity contribution in [2.75, 3.05) is 0 Å². The Morgan fingerprint density at radius 2 is 2.12 bits per heavy atom. The summed E-state index contributed by atoms with van der Waals surface area (Å²) in [5, 5.41) is 13.1. The molecule has 0 unspecified atom stereocenters. The molecule has 7 heteroatoms. The van der Waals surface area contributed by atoms with Gasteiger partial charge in [0, 0.05) is 17.8 Å². The van der Waals surface area contributed by atoms with E-state index in [1.54, 1.807) is 6.20 Å². The highest BCUT2D eigenvalue weighted by Gasteiger charge is 2.24. The summed E-state index contributed by atoms with van der Waals surface area (Å²) in [4.78, 5) is 4.27. The molecule has 3 N–H and O–H groups in total. The fourth-order valence-electron chi connectivity index (χ4n) is 1.92. The molecular formula is C17H23F2N5. The van der Waals surface area contributed by atoms with E-state index in [1.807, 2.05) is 26.8 Å². The van der Waals surface area contributed by atoms with E-state index in [4.69, 9.17) is 11.1 Å². The second-order valence-electron chi connectivity index (χ2n) is 4.77. The van der Waals surface area contributed by atoms with Crippen LogP contribution in [0.3, 0.4) is 0 Å². The third-order valence-electron chi connectivity index (χ3n) is 3.08. The van der Waals surface area contributed by atoms with E-state index in [1.165, 1.54) is 17.1 Å². The average Bonchev–Trinajstić information content (AvgIpc) is 2.96. The second-order valence-corrected chi connectivity index (χ2v) is 4.77. The first-order valence-corrected chi connectivity index (χ1v) is 7.86. The van der Waals surface area contributed by atoms with Gasteiger partial charge in [-0.2, -0.15) is 5.10 Å². The molecule has 0 saturated heterocycles. The number of nitrogens with two attached hydrogens (primary N) is 1. The third-order valence-corrected chi connectivity index (χ3v) is 3.08. The van der Waals surface area contributed by atoms with E-state index >= 15 is 0 Å². The molecule has 1 aromatic carbocycles. The third kappa shape index (κ3) is 5.26. The summed E-state index contributed by atoms with van der Waals surface area (Å²) < 4.78 is 26.7. The van der Waals surface area contributed by atoms with Crippen LogP contribution in [-0.4, -0.2) is 22.4 Å². The van der Waals surface area contributed by atoms with Crippen LogP contribution in [0.25, 0.3) is 0 Å². The monoisotopic (exact) mass is 335 g/mol. The van der Waals surface area contributed by atoms with Gasteiger partial charge in [-0.15, -0.1) is 0 Å². The van der Waals surface area contributed by atoms with Crippen molar-refractivity contribution in [1.29, 1.82) is 5.41 Å². The summed E-state index contributed by atoms with van der Waals surface area (Å²) in [5.41, 5.74) is 6.12. The summed E-state index contributed by atoms with van der Waals surface area (Å²) in [6.45, 7) is 6.08. The van der Waals surface area contributed by atoms with Crippen LogP contribution in [0.2, 0.25) is 0 Å². The summed E-state index contributed by atoms with van der Waals surface area (Å²) in [6, 6.07) is 3.39. The molecule has 1 aliphatic rings. The summed E-state index contributed by atoms with van der Waals surface area (Å²) >= 11 is 0. The molecule has 5 nitrogen and oxygen atoms in total. The lowest BCUT2D eigenvalue weighted by atomic mass is 10.2. The van der Waals surface area contributed by atoms with Gasteiger partial charge in [-0.05, 0) is 12.5 Å². The highest BCUT2D eigenvalue weighted by Crippen LogP contribution is 2.18. The molecule has 1 aliphatic heterocycles.